The van der Waals surface area contributed by atoms with Crippen molar-refractivity contribution in [3.63, 3.8) is 0 Å². The Kier molecular flexibility index (Phi) is 5.49. The van der Waals surface area contributed by atoms with Crippen molar-refractivity contribution in [2.24, 2.45) is 0 Å². The van der Waals surface area contributed by atoms with E-state index in [1.165, 1.54) is 12.8 Å². The highest BCUT2D eigenvalue weighted by atomic mass is 16.5. The minimum atomic E-state index is -0.337. The lowest BCUT2D eigenvalue weighted by atomic mass is 10.0. The third-order valence-corrected chi connectivity index (χ3v) is 4.51. The molecule has 1 unspecified atom stereocenters. The number of carbonyl (C=O) groups is 1. The van der Waals surface area contributed by atoms with E-state index >= 15 is 0 Å². The maximum atomic E-state index is 12.9. The summed E-state index contributed by atoms with van der Waals surface area (Å²) < 4.78 is 5.15. The summed E-state index contributed by atoms with van der Waals surface area (Å²) in [5.41, 5.74) is 1.77. The number of amides is 1. The van der Waals surface area contributed by atoms with Crippen LogP contribution in [0.1, 0.15) is 37.3 Å². The largest absolute Gasteiger partial charge is 0.497 e. The maximum Gasteiger partial charge on any atom is 0.246 e. The number of nitrogens with one attached hydrogen (secondary N) is 2. The highest BCUT2D eigenvalue weighted by molar-refractivity contribution is 5.95. The van der Waals surface area contributed by atoms with Crippen LogP contribution in [0.3, 0.4) is 0 Å². The van der Waals surface area contributed by atoms with E-state index in [4.69, 9.17) is 4.74 Å². The Morgan fingerprint density at radius 3 is 2.33 bits per heavy atom. The van der Waals surface area contributed by atoms with Gasteiger partial charge in [0, 0.05) is 11.7 Å². The Morgan fingerprint density at radius 1 is 1.04 bits per heavy atom. The van der Waals surface area contributed by atoms with Crippen LogP contribution >= 0.6 is 0 Å². The van der Waals surface area contributed by atoms with E-state index < -0.39 is 0 Å². The Bertz CT molecular complexity index is 649. The van der Waals surface area contributed by atoms with Gasteiger partial charge in [-0.25, -0.2) is 0 Å². The minimum Gasteiger partial charge on any atom is -0.497 e. The third kappa shape index (κ3) is 4.15. The zero-order chi connectivity index (χ0) is 16.8. The van der Waals surface area contributed by atoms with Crippen molar-refractivity contribution in [1.82, 2.24) is 5.32 Å². The molecule has 1 fully saturated rings. The SMILES string of the molecule is COc1ccc(NC(=O)C(NC2CCCC2)c2ccccc2)cc1. The zero-order valence-electron chi connectivity index (χ0n) is 14.0. The summed E-state index contributed by atoms with van der Waals surface area (Å²) in [4.78, 5) is 12.9. The van der Waals surface area contributed by atoms with Crippen molar-refractivity contribution in [1.29, 1.82) is 0 Å². The number of ether oxygens (including phenoxy) is 1. The molecule has 2 aromatic rings. The van der Waals surface area contributed by atoms with Crippen molar-refractivity contribution in [2.75, 3.05) is 12.4 Å². The third-order valence-electron chi connectivity index (χ3n) is 4.51. The molecule has 1 saturated carbocycles. The number of carbonyl (C=O) groups excluding carboxylic acids is 1. The van der Waals surface area contributed by atoms with Gasteiger partial charge in [-0.2, -0.15) is 0 Å². The van der Waals surface area contributed by atoms with Gasteiger partial charge >= 0.3 is 0 Å². The van der Waals surface area contributed by atoms with E-state index in [9.17, 15) is 4.79 Å². The van der Waals surface area contributed by atoms with Gasteiger partial charge in [0.25, 0.3) is 0 Å². The van der Waals surface area contributed by atoms with Crippen molar-refractivity contribution in [3.8, 4) is 5.75 Å². The van der Waals surface area contributed by atoms with E-state index in [0.717, 1.165) is 29.8 Å². The monoisotopic (exact) mass is 324 g/mol. The second kappa shape index (κ2) is 7.97. The molecule has 1 atom stereocenters. The number of methoxy groups -OCH3 is 1. The maximum absolute atomic E-state index is 12.9. The van der Waals surface area contributed by atoms with Crippen LogP contribution in [0.4, 0.5) is 5.69 Å². The van der Waals surface area contributed by atoms with E-state index in [1.54, 1.807) is 7.11 Å². The van der Waals surface area contributed by atoms with Crippen LogP contribution < -0.4 is 15.4 Å². The second-order valence-corrected chi connectivity index (χ2v) is 6.21. The van der Waals surface area contributed by atoms with E-state index in [-0.39, 0.29) is 11.9 Å². The van der Waals surface area contributed by atoms with Crippen LogP contribution in [-0.4, -0.2) is 19.1 Å². The van der Waals surface area contributed by atoms with E-state index in [1.807, 2.05) is 54.6 Å². The van der Waals surface area contributed by atoms with Gasteiger partial charge in [-0.3, -0.25) is 10.1 Å². The van der Waals surface area contributed by atoms with Gasteiger partial charge in [0.05, 0.1) is 7.11 Å². The molecule has 1 amide bonds. The molecule has 0 heterocycles. The number of anilines is 1. The lowest BCUT2D eigenvalue weighted by Crippen LogP contribution is -2.38. The predicted molar refractivity (Wildman–Crippen MR) is 96.2 cm³/mol. The van der Waals surface area contributed by atoms with Crippen LogP contribution in [0.5, 0.6) is 5.75 Å². The highest BCUT2D eigenvalue weighted by Crippen LogP contribution is 2.24. The van der Waals surface area contributed by atoms with Gasteiger partial charge in [-0.05, 0) is 42.7 Å². The zero-order valence-corrected chi connectivity index (χ0v) is 14.0. The summed E-state index contributed by atoms with van der Waals surface area (Å²) >= 11 is 0. The van der Waals surface area contributed by atoms with Crippen molar-refractivity contribution in [2.45, 2.75) is 37.8 Å². The average Bonchev–Trinajstić information content (AvgIpc) is 3.14. The first-order valence-electron chi connectivity index (χ1n) is 8.52. The first-order chi connectivity index (χ1) is 11.8. The first kappa shape index (κ1) is 16.5. The van der Waals surface area contributed by atoms with Gasteiger partial charge in [0.1, 0.15) is 11.8 Å². The van der Waals surface area contributed by atoms with Gasteiger partial charge in [0.2, 0.25) is 5.91 Å². The van der Waals surface area contributed by atoms with Gasteiger partial charge in [0.15, 0.2) is 0 Å². The first-order valence-corrected chi connectivity index (χ1v) is 8.52. The number of benzene rings is 2. The van der Waals surface area contributed by atoms with Crippen LogP contribution in [0, 0.1) is 0 Å². The van der Waals surface area contributed by atoms with E-state index in [2.05, 4.69) is 10.6 Å². The molecular formula is C20H24N2O2. The molecule has 24 heavy (non-hydrogen) atoms. The molecule has 1 aliphatic rings. The van der Waals surface area contributed by atoms with Gasteiger partial charge in [-0.15, -0.1) is 0 Å². The predicted octanol–water partition coefficient (Wildman–Crippen LogP) is 3.91. The summed E-state index contributed by atoms with van der Waals surface area (Å²) in [5, 5.41) is 6.55. The molecule has 4 heteroatoms. The number of hydrogen-bond acceptors (Lipinski definition) is 3. The Hall–Kier alpha value is -2.33. The molecular weight excluding hydrogens is 300 g/mol. The normalized spacial score (nSPS) is 15.9. The lowest BCUT2D eigenvalue weighted by Gasteiger charge is -2.23. The van der Waals surface area contributed by atoms with Crippen molar-refractivity contribution in [3.05, 3.63) is 60.2 Å². The molecule has 0 saturated heterocycles. The summed E-state index contributed by atoms with van der Waals surface area (Å²) in [6.45, 7) is 0. The van der Waals surface area contributed by atoms with Crippen LogP contribution in [0.15, 0.2) is 54.6 Å². The fraction of sp³-hybridized carbons (Fsp3) is 0.350. The highest BCUT2D eigenvalue weighted by Gasteiger charge is 2.25. The molecule has 0 aromatic heterocycles. The molecule has 2 aromatic carbocycles. The van der Waals surface area contributed by atoms with Crippen molar-refractivity contribution < 1.29 is 9.53 Å². The smallest absolute Gasteiger partial charge is 0.246 e. The molecule has 3 rings (SSSR count). The molecule has 0 radical (unpaired) electrons. The topological polar surface area (TPSA) is 50.4 Å². The van der Waals surface area contributed by atoms with Crippen molar-refractivity contribution >= 4 is 11.6 Å². The van der Waals surface area contributed by atoms with E-state index in [0.29, 0.717) is 6.04 Å². The Balaban J connectivity index is 1.74. The van der Waals surface area contributed by atoms with Crippen LogP contribution in [0.2, 0.25) is 0 Å². The molecule has 0 bridgehead atoms. The molecule has 0 aliphatic heterocycles. The Morgan fingerprint density at radius 2 is 1.71 bits per heavy atom. The number of hydrogen-bond donors (Lipinski definition) is 2. The summed E-state index contributed by atoms with van der Waals surface area (Å²) in [5.74, 6) is 0.745. The Labute approximate surface area is 143 Å². The minimum absolute atomic E-state index is 0.0294. The fourth-order valence-corrected chi connectivity index (χ4v) is 3.19. The fourth-order valence-electron chi connectivity index (χ4n) is 3.19. The summed E-state index contributed by atoms with van der Waals surface area (Å²) in [6.07, 6.45) is 4.75. The lowest BCUT2D eigenvalue weighted by molar-refractivity contribution is -0.118. The average molecular weight is 324 g/mol. The van der Waals surface area contributed by atoms with Crippen LogP contribution in [0.25, 0.3) is 0 Å². The molecule has 4 nitrogen and oxygen atoms in total. The van der Waals surface area contributed by atoms with Gasteiger partial charge in [-0.1, -0.05) is 43.2 Å². The summed E-state index contributed by atoms with van der Waals surface area (Å²) in [6, 6.07) is 17.4. The molecule has 2 N–H and O–H groups in total. The molecule has 0 spiro atoms. The quantitative estimate of drug-likeness (QED) is 0.847. The molecule has 126 valence electrons. The summed E-state index contributed by atoms with van der Waals surface area (Å²) in [7, 11) is 1.63. The number of rotatable bonds is 6. The molecule has 1 aliphatic carbocycles. The standard InChI is InChI=1S/C20H24N2O2/c1-24-18-13-11-17(12-14-18)22-20(23)19(15-7-3-2-4-8-15)21-16-9-5-6-10-16/h2-4,7-8,11-14,16,19,21H,5-6,9-10H2,1H3,(H,22,23). The van der Waals surface area contributed by atoms with Crippen LogP contribution in [-0.2, 0) is 4.79 Å². The second-order valence-electron chi connectivity index (χ2n) is 6.21. The van der Waals surface area contributed by atoms with Gasteiger partial charge < -0.3 is 10.1 Å².